The Labute approximate surface area is 69.7 Å². The summed E-state index contributed by atoms with van der Waals surface area (Å²) in [6.45, 7) is 2.13. The van der Waals surface area contributed by atoms with Gasteiger partial charge in [0, 0.05) is 0 Å². The van der Waals surface area contributed by atoms with Gasteiger partial charge >= 0.3 is 0 Å². The van der Waals surface area contributed by atoms with Gasteiger partial charge in [-0.25, -0.2) is 0 Å². The van der Waals surface area contributed by atoms with Crippen LogP contribution in [-0.4, -0.2) is 29.2 Å². The first-order valence-electron chi connectivity index (χ1n) is 3.68. The number of likely N-dealkylation sites (tertiary alicyclic amines) is 1. The van der Waals surface area contributed by atoms with Crippen molar-refractivity contribution >= 4 is 22.2 Å². The van der Waals surface area contributed by atoms with E-state index in [1.807, 2.05) is 0 Å². The molecule has 1 aliphatic heterocycles. The van der Waals surface area contributed by atoms with Crippen molar-refractivity contribution in [2.24, 2.45) is 0 Å². The molecule has 0 amide bonds. The molecule has 10 heavy (non-hydrogen) atoms. The fraction of sp³-hybridized carbons (Fsp3) is 0.857. The molecule has 1 unspecified atom stereocenters. The zero-order valence-corrected chi connectivity index (χ0v) is 7.51. The Balaban J connectivity index is 2.30. The van der Waals surface area contributed by atoms with E-state index in [0.29, 0.717) is 0 Å². The summed E-state index contributed by atoms with van der Waals surface area (Å²) in [5.74, 6) is 0. The third kappa shape index (κ3) is 2.06. The average molecular weight is 206 g/mol. The van der Waals surface area contributed by atoms with E-state index in [-0.39, 0.29) is 4.95 Å². The molecule has 1 aliphatic rings. The number of piperidine rings is 1. The molecular weight excluding hydrogens is 194 g/mol. The normalized spacial score (nSPS) is 24.1. The second-order valence-corrected chi connectivity index (χ2v) is 3.54. The average Bonchev–Trinajstić information content (AvgIpc) is 2.05. The van der Waals surface area contributed by atoms with E-state index in [1.54, 1.807) is 0 Å². The lowest BCUT2D eigenvalue weighted by atomic mass is 10.1. The van der Waals surface area contributed by atoms with Crippen molar-refractivity contribution in [3.63, 3.8) is 0 Å². The number of aldehydes is 1. The topological polar surface area (TPSA) is 20.3 Å². The highest BCUT2D eigenvalue weighted by Gasteiger charge is 2.16. The van der Waals surface area contributed by atoms with Crippen molar-refractivity contribution in [1.29, 1.82) is 0 Å². The number of nitrogens with zero attached hydrogens (tertiary/aromatic N) is 1. The zero-order chi connectivity index (χ0) is 7.40. The molecule has 0 saturated carbocycles. The van der Waals surface area contributed by atoms with Crippen molar-refractivity contribution in [2.75, 3.05) is 13.1 Å². The SMILES string of the molecule is O=CC(Br)N1CCCCC1. The van der Waals surface area contributed by atoms with Gasteiger partial charge in [-0.15, -0.1) is 0 Å². The smallest absolute Gasteiger partial charge is 0.148 e. The summed E-state index contributed by atoms with van der Waals surface area (Å²) < 4.78 is 0. The Morgan fingerprint density at radius 1 is 1.30 bits per heavy atom. The van der Waals surface area contributed by atoms with Gasteiger partial charge in [0.25, 0.3) is 0 Å². The number of halogens is 1. The van der Waals surface area contributed by atoms with Crippen LogP contribution in [0.15, 0.2) is 0 Å². The van der Waals surface area contributed by atoms with Crippen LogP contribution in [0.25, 0.3) is 0 Å². The highest BCUT2D eigenvalue weighted by Crippen LogP contribution is 2.13. The summed E-state index contributed by atoms with van der Waals surface area (Å²) >= 11 is 3.30. The van der Waals surface area contributed by atoms with Crippen molar-refractivity contribution in [3.05, 3.63) is 0 Å². The number of hydrogen-bond donors (Lipinski definition) is 0. The highest BCUT2D eigenvalue weighted by molar-refractivity contribution is 9.09. The van der Waals surface area contributed by atoms with Crippen LogP contribution in [0, 0.1) is 0 Å². The van der Waals surface area contributed by atoms with Gasteiger partial charge in [-0.3, -0.25) is 4.90 Å². The number of hydrogen-bond acceptors (Lipinski definition) is 2. The minimum atomic E-state index is -0.0483. The Bertz CT molecular complexity index is 112. The number of rotatable bonds is 2. The third-order valence-corrected chi connectivity index (χ3v) is 2.65. The Morgan fingerprint density at radius 2 is 1.90 bits per heavy atom. The molecule has 0 spiro atoms. The molecule has 1 fully saturated rings. The molecule has 0 bridgehead atoms. The summed E-state index contributed by atoms with van der Waals surface area (Å²) in [6, 6.07) is 0. The first-order chi connectivity index (χ1) is 4.84. The van der Waals surface area contributed by atoms with Gasteiger partial charge in [-0.2, -0.15) is 0 Å². The predicted octanol–water partition coefficient (Wildman–Crippen LogP) is 1.39. The number of carbonyl (C=O) groups is 1. The summed E-state index contributed by atoms with van der Waals surface area (Å²) in [6.07, 6.45) is 4.73. The van der Waals surface area contributed by atoms with Crippen LogP contribution in [0.3, 0.4) is 0 Å². The molecule has 1 rings (SSSR count). The van der Waals surface area contributed by atoms with Crippen LogP contribution in [0.2, 0.25) is 0 Å². The van der Waals surface area contributed by atoms with E-state index < -0.39 is 0 Å². The van der Waals surface area contributed by atoms with E-state index in [9.17, 15) is 4.79 Å². The minimum Gasteiger partial charge on any atom is -0.301 e. The molecule has 0 radical (unpaired) electrons. The number of carbonyl (C=O) groups excluding carboxylic acids is 1. The first kappa shape index (κ1) is 8.21. The standard InChI is InChI=1S/C7H12BrNO/c8-7(6-10)9-4-2-1-3-5-9/h6-7H,1-5H2. The predicted molar refractivity (Wildman–Crippen MR) is 44.2 cm³/mol. The summed E-state index contributed by atoms with van der Waals surface area (Å²) in [5.41, 5.74) is 0. The summed E-state index contributed by atoms with van der Waals surface area (Å²) in [5, 5.41) is 0. The van der Waals surface area contributed by atoms with E-state index >= 15 is 0 Å². The highest BCUT2D eigenvalue weighted by atomic mass is 79.9. The molecule has 2 nitrogen and oxygen atoms in total. The van der Waals surface area contributed by atoms with Gasteiger partial charge in [0.05, 0.1) is 0 Å². The third-order valence-electron chi connectivity index (χ3n) is 1.85. The molecule has 0 aromatic carbocycles. The van der Waals surface area contributed by atoms with Crippen molar-refractivity contribution in [1.82, 2.24) is 4.90 Å². The van der Waals surface area contributed by atoms with Crippen LogP contribution in [0.5, 0.6) is 0 Å². The molecular formula is C7H12BrNO. The lowest BCUT2D eigenvalue weighted by molar-refractivity contribution is -0.109. The van der Waals surface area contributed by atoms with Crippen LogP contribution in [0.4, 0.5) is 0 Å². The lowest BCUT2D eigenvalue weighted by Gasteiger charge is -2.27. The fourth-order valence-electron chi connectivity index (χ4n) is 1.25. The molecule has 0 aromatic heterocycles. The Kier molecular flexibility index (Phi) is 3.35. The second-order valence-electron chi connectivity index (χ2n) is 2.61. The van der Waals surface area contributed by atoms with E-state index in [0.717, 1.165) is 19.4 Å². The van der Waals surface area contributed by atoms with Crippen molar-refractivity contribution in [3.8, 4) is 0 Å². The molecule has 0 aliphatic carbocycles. The number of alkyl halides is 1. The molecule has 1 atom stereocenters. The van der Waals surface area contributed by atoms with Crippen molar-refractivity contribution < 1.29 is 4.79 Å². The van der Waals surface area contributed by atoms with Gasteiger partial charge in [0.15, 0.2) is 0 Å². The van der Waals surface area contributed by atoms with Gasteiger partial charge in [-0.1, -0.05) is 22.4 Å². The largest absolute Gasteiger partial charge is 0.301 e. The monoisotopic (exact) mass is 205 g/mol. The molecule has 1 saturated heterocycles. The van der Waals surface area contributed by atoms with Crippen LogP contribution >= 0.6 is 15.9 Å². The van der Waals surface area contributed by atoms with Crippen molar-refractivity contribution in [2.45, 2.75) is 24.2 Å². The van der Waals surface area contributed by atoms with Gasteiger partial charge in [0.2, 0.25) is 0 Å². The van der Waals surface area contributed by atoms with E-state index in [4.69, 9.17) is 0 Å². The summed E-state index contributed by atoms with van der Waals surface area (Å²) in [7, 11) is 0. The first-order valence-corrected chi connectivity index (χ1v) is 4.59. The molecule has 1 heterocycles. The zero-order valence-electron chi connectivity index (χ0n) is 5.92. The van der Waals surface area contributed by atoms with Crippen LogP contribution in [-0.2, 0) is 4.79 Å². The Morgan fingerprint density at radius 3 is 2.40 bits per heavy atom. The fourth-order valence-corrected chi connectivity index (χ4v) is 1.66. The quantitative estimate of drug-likeness (QED) is 0.386. The summed E-state index contributed by atoms with van der Waals surface area (Å²) in [4.78, 5) is 12.4. The van der Waals surface area contributed by atoms with E-state index in [2.05, 4.69) is 20.8 Å². The van der Waals surface area contributed by atoms with E-state index in [1.165, 1.54) is 19.3 Å². The molecule has 58 valence electrons. The maximum absolute atomic E-state index is 10.3. The van der Waals surface area contributed by atoms with Crippen LogP contribution < -0.4 is 0 Å². The van der Waals surface area contributed by atoms with Gasteiger partial charge < -0.3 is 4.79 Å². The second kappa shape index (κ2) is 4.09. The maximum Gasteiger partial charge on any atom is 0.148 e. The lowest BCUT2D eigenvalue weighted by Crippen LogP contribution is -2.36. The maximum atomic E-state index is 10.3. The Hall–Kier alpha value is 0.110. The molecule has 0 N–H and O–H groups in total. The minimum absolute atomic E-state index is 0.0483. The van der Waals surface area contributed by atoms with Gasteiger partial charge in [-0.05, 0) is 25.9 Å². The van der Waals surface area contributed by atoms with Crippen LogP contribution in [0.1, 0.15) is 19.3 Å². The molecule has 0 aromatic rings. The molecule has 3 heteroatoms. The van der Waals surface area contributed by atoms with Gasteiger partial charge in [0.1, 0.15) is 11.2 Å².